The van der Waals surface area contributed by atoms with E-state index in [1.54, 1.807) is 4.90 Å². The molecule has 5 atom stereocenters. The largest absolute Gasteiger partial charge is 0.465 e. The van der Waals surface area contributed by atoms with E-state index in [1.165, 1.54) is 7.11 Å². The number of amides is 2. The molecule has 8 rings (SSSR count). The number of fused-ring (bicyclic) bond motifs is 5. The van der Waals surface area contributed by atoms with Gasteiger partial charge in [-0.15, -0.1) is 0 Å². The van der Waals surface area contributed by atoms with Crippen LogP contribution in [0.1, 0.15) is 69.7 Å². The number of ether oxygens (including phenoxy) is 1. The molecule has 3 fully saturated rings. The Hall–Kier alpha value is -4.90. The van der Waals surface area contributed by atoms with Gasteiger partial charge in [-0.2, -0.15) is 0 Å². The number of aromatic nitrogens is 4. The zero-order chi connectivity index (χ0) is 33.8. The van der Waals surface area contributed by atoms with Gasteiger partial charge < -0.3 is 25.1 Å². The number of nitrogens with one attached hydrogen (secondary N) is 3. The second-order valence-corrected chi connectivity index (χ2v) is 14.3. The van der Waals surface area contributed by atoms with Crippen LogP contribution in [0.3, 0.4) is 0 Å². The van der Waals surface area contributed by atoms with E-state index < -0.39 is 12.2 Å². The third-order valence-corrected chi connectivity index (χ3v) is 11.1. The molecule has 5 aromatic rings. The molecule has 3 unspecified atom stereocenters. The number of piperidine rings is 1. The van der Waals surface area contributed by atoms with Crippen LogP contribution in [0.4, 0.5) is 9.59 Å². The minimum atomic E-state index is -0.856. The number of nitrogens with zero attached hydrogens (tertiary/aromatic N) is 4. The molecule has 49 heavy (non-hydrogen) atoms. The number of carboxylic acid groups (broad SMARTS) is 1. The van der Waals surface area contributed by atoms with Crippen molar-refractivity contribution in [1.29, 1.82) is 0 Å². The summed E-state index contributed by atoms with van der Waals surface area (Å²) in [7, 11) is 1.40. The number of carbonyl (C=O) groups excluding carboxylic acids is 1. The van der Waals surface area contributed by atoms with Crippen LogP contribution >= 0.6 is 0 Å². The fourth-order valence-corrected chi connectivity index (χ4v) is 8.49. The summed E-state index contributed by atoms with van der Waals surface area (Å²) < 4.78 is 4.87. The Balaban J connectivity index is 1.01. The van der Waals surface area contributed by atoms with Crippen LogP contribution in [0.25, 0.3) is 44.2 Å². The van der Waals surface area contributed by atoms with Crippen LogP contribution in [-0.4, -0.2) is 79.3 Å². The predicted octanol–water partition coefficient (Wildman–Crippen LogP) is 7.49. The van der Waals surface area contributed by atoms with Crippen molar-refractivity contribution in [3.05, 3.63) is 72.4 Å². The van der Waals surface area contributed by atoms with Crippen LogP contribution < -0.4 is 5.32 Å². The molecule has 3 aliphatic rings. The summed E-state index contributed by atoms with van der Waals surface area (Å²) >= 11 is 0. The molecule has 11 heteroatoms. The third kappa shape index (κ3) is 5.69. The predicted molar refractivity (Wildman–Crippen MR) is 188 cm³/mol. The summed E-state index contributed by atoms with van der Waals surface area (Å²) in [5, 5.41) is 15.1. The second-order valence-electron chi connectivity index (χ2n) is 14.3. The lowest BCUT2D eigenvalue weighted by atomic mass is 9.98. The molecule has 3 aromatic carbocycles. The first kappa shape index (κ1) is 31.4. The van der Waals surface area contributed by atoms with Crippen molar-refractivity contribution in [1.82, 2.24) is 35.1 Å². The van der Waals surface area contributed by atoms with Crippen LogP contribution in [-0.2, 0) is 4.74 Å². The minimum Gasteiger partial charge on any atom is -0.465 e. The van der Waals surface area contributed by atoms with Gasteiger partial charge in [-0.05, 0) is 84.7 Å². The highest BCUT2D eigenvalue weighted by molar-refractivity contribution is 6.05. The van der Waals surface area contributed by atoms with Crippen LogP contribution in [0.5, 0.6) is 0 Å². The quantitative estimate of drug-likeness (QED) is 0.135. The van der Waals surface area contributed by atoms with Gasteiger partial charge >= 0.3 is 12.2 Å². The van der Waals surface area contributed by atoms with E-state index in [0.717, 1.165) is 101 Å². The van der Waals surface area contributed by atoms with Gasteiger partial charge in [-0.3, -0.25) is 9.80 Å². The van der Waals surface area contributed by atoms with Crippen molar-refractivity contribution in [2.45, 2.75) is 70.1 Å². The number of rotatable bonds is 8. The van der Waals surface area contributed by atoms with Crippen molar-refractivity contribution in [3.63, 3.8) is 0 Å². The molecule has 2 bridgehead atoms. The van der Waals surface area contributed by atoms with Crippen molar-refractivity contribution < 1.29 is 19.4 Å². The standard InChI is InChI=1S/C38H43N7O4/c1-21(2)31(42-37(46)49-3)20-44-16-4-5-32(44)35-40-29-15-12-25-17-24(11-14-28(25)33(29)43-35)22-6-8-23(9-7-22)30-19-39-36(41-30)34-26-10-13-27(18-26)45(34)38(47)48/h6-9,11-12,14-15,17,19,21,26-27,31-32,34H,4-5,10,13,16,18,20H2,1-3H3,(H,39,41)(H,40,43)(H,42,46)(H,47,48)/t26?,27?,31-,32+,34?/m1/s1. The molecule has 4 heterocycles. The number of alkyl carbamates (subject to hydrolysis) is 1. The normalized spacial score (nSPS) is 22.8. The number of carbonyl (C=O) groups is 2. The van der Waals surface area contributed by atoms with E-state index >= 15 is 0 Å². The number of imidazole rings is 2. The third-order valence-electron chi connectivity index (χ3n) is 11.1. The van der Waals surface area contributed by atoms with Gasteiger partial charge in [-0.25, -0.2) is 19.6 Å². The zero-order valence-corrected chi connectivity index (χ0v) is 28.1. The van der Waals surface area contributed by atoms with Crippen LogP contribution in [0.2, 0.25) is 0 Å². The average molecular weight is 662 g/mol. The van der Waals surface area contributed by atoms with Gasteiger partial charge in [0.05, 0.1) is 42.1 Å². The fraction of sp³-hybridized carbons (Fsp3) is 0.421. The first-order valence-corrected chi connectivity index (χ1v) is 17.4. The summed E-state index contributed by atoms with van der Waals surface area (Å²) in [6, 6.07) is 19.3. The Morgan fingerprint density at radius 2 is 1.80 bits per heavy atom. The molecular weight excluding hydrogens is 618 g/mol. The van der Waals surface area contributed by atoms with E-state index in [4.69, 9.17) is 9.72 Å². The summed E-state index contributed by atoms with van der Waals surface area (Å²) in [5.74, 6) is 2.32. The van der Waals surface area contributed by atoms with E-state index in [1.807, 2.05) is 6.20 Å². The lowest BCUT2D eigenvalue weighted by Gasteiger charge is -2.31. The zero-order valence-electron chi connectivity index (χ0n) is 28.1. The highest BCUT2D eigenvalue weighted by Gasteiger charge is 2.50. The maximum absolute atomic E-state index is 12.0. The van der Waals surface area contributed by atoms with Crippen molar-refractivity contribution in [2.24, 2.45) is 11.8 Å². The van der Waals surface area contributed by atoms with E-state index in [2.05, 4.69) is 93.6 Å². The van der Waals surface area contributed by atoms with Gasteiger partial charge in [0.15, 0.2) is 0 Å². The molecule has 2 aromatic heterocycles. The topological polar surface area (TPSA) is 139 Å². The number of H-pyrrole nitrogens is 2. The first-order chi connectivity index (χ1) is 23.8. The minimum absolute atomic E-state index is 0.0144. The smallest absolute Gasteiger partial charge is 0.408 e. The molecule has 2 saturated heterocycles. The fourth-order valence-electron chi connectivity index (χ4n) is 8.49. The van der Waals surface area contributed by atoms with Crippen molar-refractivity contribution >= 4 is 34.0 Å². The second kappa shape index (κ2) is 12.5. The van der Waals surface area contributed by atoms with Gasteiger partial charge in [0.2, 0.25) is 0 Å². The number of aromatic amines is 2. The maximum Gasteiger partial charge on any atom is 0.408 e. The van der Waals surface area contributed by atoms with E-state index in [0.29, 0.717) is 5.92 Å². The average Bonchev–Trinajstić information content (AvgIpc) is 3.95. The number of hydrogen-bond donors (Lipinski definition) is 4. The number of benzene rings is 3. The monoisotopic (exact) mass is 661 g/mol. The van der Waals surface area contributed by atoms with Gasteiger partial charge in [0.1, 0.15) is 11.6 Å². The molecule has 11 nitrogen and oxygen atoms in total. The van der Waals surface area contributed by atoms with Crippen molar-refractivity contribution in [3.8, 4) is 22.4 Å². The van der Waals surface area contributed by atoms with Gasteiger partial charge in [-0.1, -0.05) is 56.3 Å². The SMILES string of the molecule is COC(=O)N[C@H](CN1CCC[C@H]1c1nc2c(ccc3cc(-c4ccc(-c5cnc(C6C7CCC(C7)N6C(=O)O)[nH]5)cc4)ccc32)[nH]1)C(C)C. The number of hydrogen-bond acceptors (Lipinski definition) is 6. The summed E-state index contributed by atoms with van der Waals surface area (Å²) in [4.78, 5) is 44.8. The Bertz CT molecular complexity index is 2020. The molecule has 2 aliphatic heterocycles. The molecular formula is C38H43N7O4. The number of likely N-dealkylation sites (tertiary alicyclic amines) is 2. The molecule has 1 aliphatic carbocycles. The Morgan fingerprint density at radius 1 is 1.00 bits per heavy atom. The molecule has 4 N–H and O–H groups in total. The summed E-state index contributed by atoms with van der Waals surface area (Å²) in [5.41, 5.74) is 6.14. The highest BCUT2D eigenvalue weighted by atomic mass is 16.5. The molecule has 254 valence electrons. The molecule has 1 saturated carbocycles. The maximum atomic E-state index is 12.0. The Labute approximate surface area is 285 Å². The van der Waals surface area contributed by atoms with E-state index in [9.17, 15) is 14.7 Å². The summed E-state index contributed by atoms with van der Waals surface area (Å²) in [6.45, 7) is 5.94. The summed E-state index contributed by atoms with van der Waals surface area (Å²) in [6.07, 6.45) is 5.60. The Kier molecular flexibility index (Phi) is 8.02. The van der Waals surface area contributed by atoms with Gasteiger partial charge in [0.25, 0.3) is 0 Å². The van der Waals surface area contributed by atoms with Crippen LogP contribution in [0, 0.1) is 11.8 Å². The lowest BCUT2D eigenvalue weighted by molar-refractivity contribution is 0.0991. The molecule has 0 spiro atoms. The van der Waals surface area contributed by atoms with Crippen LogP contribution in [0.15, 0.2) is 60.8 Å². The molecule has 2 amide bonds. The molecule has 0 radical (unpaired) electrons. The lowest BCUT2D eigenvalue weighted by Crippen LogP contribution is -2.46. The number of methoxy groups -OCH3 is 1. The first-order valence-electron chi connectivity index (χ1n) is 17.4. The van der Waals surface area contributed by atoms with Crippen molar-refractivity contribution in [2.75, 3.05) is 20.2 Å². The highest BCUT2D eigenvalue weighted by Crippen LogP contribution is 2.49. The Morgan fingerprint density at radius 3 is 2.57 bits per heavy atom. The van der Waals surface area contributed by atoms with E-state index in [-0.39, 0.29) is 30.1 Å². The van der Waals surface area contributed by atoms with Gasteiger partial charge in [0, 0.05) is 24.0 Å².